The SMILES string of the molecule is CC(=O)N(Cc1ccc(NC(=O)CC(C)C2CCCNC2)cc1)C1CC1.Cl. The van der Waals surface area contributed by atoms with E-state index in [9.17, 15) is 9.59 Å². The fourth-order valence-corrected chi connectivity index (χ4v) is 3.81. The summed E-state index contributed by atoms with van der Waals surface area (Å²) in [4.78, 5) is 26.0. The molecule has 2 fully saturated rings. The van der Waals surface area contributed by atoms with E-state index in [1.165, 1.54) is 12.8 Å². The summed E-state index contributed by atoms with van der Waals surface area (Å²) in [5.74, 6) is 1.21. The van der Waals surface area contributed by atoms with E-state index >= 15 is 0 Å². The van der Waals surface area contributed by atoms with Gasteiger partial charge in [-0.2, -0.15) is 0 Å². The van der Waals surface area contributed by atoms with Crippen LogP contribution in [0, 0.1) is 11.8 Å². The molecule has 1 aliphatic carbocycles. The number of nitrogens with one attached hydrogen (secondary N) is 2. The Balaban J connectivity index is 0.00000261. The number of halogens is 1. The summed E-state index contributed by atoms with van der Waals surface area (Å²) in [5.41, 5.74) is 1.93. The Morgan fingerprint density at radius 3 is 2.48 bits per heavy atom. The Morgan fingerprint density at radius 1 is 1.22 bits per heavy atom. The van der Waals surface area contributed by atoms with Crippen LogP contribution in [0.4, 0.5) is 5.69 Å². The van der Waals surface area contributed by atoms with Crippen molar-refractivity contribution in [2.75, 3.05) is 18.4 Å². The summed E-state index contributed by atoms with van der Waals surface area (Å²) in [7, 11) is 0. The van der Waals surface area contributed by atoms with Crippen LogP contribution in [0.1, 0.15) is 51.5 Å². The van der Waals surface area contributed by atoms with Crippen LogP contribution in [0.15, 0.2) is 24.3 Å². The zero-order valence-corrected chi connectivity index (χ0v) is 17.2. The van der Waals surface area contributed by atoms with Crippen LogP contribution in [0.3, 0.4) is 0 Å². The monoisotopic (exact) mass is 393 g/mol. The third-order valence-electron chi connectivity index (χ3n) is 5.63. The molecule has 27 heavy (non-hydrogen) atoms. The number of nitrogens with zero attached hydrogens (tertiary/aromatic N) is 1. The van der Waals surface area contributed by atoms with E-state index in [0.717, 1.165) is 37.2 Å². The van der Waals surface area contributed by atoms with Crippen LogP contribution >= 0.6 is 12.4 Å². The second kappa shape index (κ2) is 10.1. The molecule has 2 amide bonds. The third-order valence-corrected chi connectivity index (χ3v) is 5.63. The van der Waals surface area contributed by atoms with Crippen molar-refractivity contribution >= 4 is 29.9 Å². The van der Waals surface area contributed by atoms with Gasteiger partial charge in [0, 0.05) is 31.6 Å². The Hall–Kier alpha value is -1.59. The Kier molecular flexibility index (Phi) is 8.11. The molecule has 0 spiro atoms. The molecule has 0 radical (unpaired) electrons. The van der Waals surface area contributed by atoms with Crippen LogP contribution in [-0.2, 0) is 16.1 Å². The van der Waals surface area contributed by atoms with Gasteiger partial charge in [0.05, 0.1) is 0 Å². The maximum atomic E-state index is 12.3. The molecule has 1 heterocycles. The maximum absolute atomic E-state index is 12.3. The fraction of sp³-hybridized carbons (Fsp3) is 0.619. The van der Waals surface area contributed by atoms with E-state index in [-0.39, 0.29) is 24.2 Å². The van der Waals surface area contributed by atoms with Gasteiger partial charge in [-0.25, -0.2) is 0 Å². The second-order valence-electron chi connectivity index (χ2n) is 7.91. The van der Waals surface area contributed by atoms with Crippen molar-refractivity contribution in [2.24, 2.45) is 11.8 Å². The minimum absolute atomic E-state index is 0. The predicted molar refractivity (Wildman–Crippen MR) is 111 cm³/mol. The van der Waals surface area contributed by atoms with Crippen molar-refractivity contribution in [3.63, 3.8) is 0 Å². The second-order valence-corrected chi connectivity index (χ2v) is 7.91. The molecular weight excluding hydrogens is 362 g/mol. The molecule has 1 aromatic carbocycles. The summed E-state index contributed by atoms with van der Waals surface area (Å²) in [6.07, 6.45) is 5.21. The predicted octanol–water partition coefficient (Wildman–Crippen LogP) is 3.58. The number of anilines is 1. The molecule has 6 heteroatoms. The Labute approximate surface area is 168 Å². The molecule has 150 valence electrons. The van der Waals surface area contributed by atoms with Gasteiger partial charge < -0.3 is 15.5 Å². The van der Waals surface area contributed by atoms with Crippen molar-refractivity contribution in [2.45, 2.75) is 58.5 Å². The van der Waals surface area contributed by atoms with E-state index < -0.39 is 0 Å². The normalized spacial score (nSPS) is 20.3. The van der Waals surface area contributed by atoms with Gasteiger partial charge in [-0.05, 0) is 68.3 Å². The van der Waals surface area contributed by atoms with Crippen LogP contribution in [0.5, 0.6) is 0 Å². The zero-order chi connectivity index (χ0) is 18.5. The van der Waals surface area contributed by atoms with Gasteiger partial charge in [-0.1, -0.05) is 19.1 Å². The minimum Gasteiger partial charge on any atom is -0.336 e. The molecule has 1 saturated heterocycles. The van der Waals surface area contributed by atoms with Crippen LogP contribution in [0.2, 0.25) is 0 Å². The molecule has 1 aromatic rings. The smallest absolute Gasteiger partial charge is 0.224 e. The van der Waals surface area contributed by atoms with Gasteiger partial charge in [-0.3, -0.25) is 9.59 Å². The van der Waals surface area contributed by atoms with E-state index in [4.69, 9.17) is 0 Å². The molecule has 1 aliphatic heterocycles. The number of piperidine rings is 1. The number of rotatable bonds is 7. The third kappa shape index (κ3) is 6.51. The highest BCUT2D eigenvalue weighted by Crippen LogP contribution is 2.28. The highest BCUT2D eigenvalue weighted by atomic mass is 35.5. The van der Waals surface area contributed by atoms with Crippen molar-refractivity contribution in [1.29, 1.82) is 0 Å². The number of carbonyl (C=O) groups excluding carboxylic acids is 2. The summed E-state index contributed by atoms with van der Waals surface area (Å²) in [5, 5.41) is 6.43. The fourth-order valence-electron chi connectivity index (χ4n) is 3.81. The first-order chi connectivity index (χ1) is 12.5. The largest absolute Gasteiger partial charge is 0.336 e. The lowest BCUT2D eigenvalue weighted by Crippen LogP contribution is -2.34. The summed E-state index contributed by atoms with van der Waals surface area (Å²) < 4.78 is 0. The highest BCUT2D eigenvalue weighted by Gasteiger charge is 2.30. The van der Waals surface area contributed by atoms with Crippen LogP contribution in [0.25, 0.3) is 0 Å². The van der Waals surface area contributed by atoms with Gasteiger partial charge in [0.25, 0.3) is 0 Å². The van der Waals surface area contributed by atoms with E-state index in [2.05, 4.69) is 17.6 Å². The lowest BCUT2D eigenvalue weighted by Gasteiger charge is -2.28. The number of benzene rings is 1. The molecule has 3 rings (SSSR count). The first-order valence-electron chi connectivity index (χ1n) is 9.89. The highest BCUT2D eigenvalue weighted by molar-refractivity contribution is 5.90. The molecule has 5 nitrogen and oxygen atoms in total. The van der Waals surface area contributed by atoms with E-state index in [0.29, 0.717) is 30.8 Å². The molecule has 2 aliphatic rings. The van der Waals surface area contributed by atoms with Crippen molar-refractivity contribution in [1.82, 2.24) is 10.2 Å². The number of amides is 2. The maximum Gasteiger partial charge on any atom is 0.224 e. The Bertz CT molecular complexity index is 625. The van der Waals surface area contributed by atoms with E-state index in [1.54, 1.807) is 6.92 Å². The minimum atomic E-state index is 0. The van der Waals surface area contributed by atoms with Crippen LogP contribution in [-0.4, -0.2) is 35.8 Å². The van der Waals surface area contributed by atoms with Crippen LogP contribution < -0.4 is 10.6 Å². The topological polar surface area (TPSA) is 61.4 Å². The average molecular weight is 394 g/mol. The zero-order valence-electron chi connectivity index (χ0n) is 16.4. The Morgan fingerprint density at radius 2 is 1.93 bits per heavy atom. The molecule has 0 aromatic heterocycles. The lowest BCUT2D eigenvalue weighted by atomic mass is 9.85. The molecule has 0 bridgehead atoms. The van der Waals surface area contributed by atoms with Gasteiger partial charge in [0.2, 0.25) is 11.8 Å². The average Bonchev–Trinajstić information content (AvgIpc) is 3.46. The quantitative estimate of drug-likeness (QED) is 0.744. The van der Waals surface area contributed by atoms with Crippen molar-refractivity contribution in [3.8, 4) is 0 Å². The number of carbonyl (C=O) groups is 2. The van der Waals surface area contributed by atoms with Crippen molar-refractivity contribution < 1.29 is 9.59 Å². The summed E-state index contributed by atoms with van der Waals surface area (Å²) in [6, 6.07) is 8.30. The molecule has 2 unspecified atom stereocenters. The number of hydrogen-bond acceptors (Lipinski definition) is 3. The molecule has 1 saturated carbocycles. The number of hydrogen-bond donors (Lipinski definition) is 2. The standard InChI is InChI=1S/C21H31N3O2.ClH/c1-15(18-4-3-11-22-13-18)12-21(26)23-19-7-5-17(6-8-19)14-24(16(2)25)20-9-10-20;/h5-8,15,18,20,22H,3-4,9-14H2,1-2H3,(H,23,26);1H. The van der Waals surface area contributed by atoms with Gasteiger partial charge >= 0.3 is 0 Å². The van der Waals surface area contributed by atoms with Gasteiger partial charge in [0.1, 0.15) is 0 Å². The van der Waals surface area contributed by atoms with Gasteiger partial charge in [0.15, 0.2) is 0 Å². The molecule has 2 N–H and O–H groups in total. The van der Waals surface area contributed by atoms with Gasteiger partial charge in [-0.15, -0.1) is 12.4 Å². The lowest BCUT2D eigenvalue weighted by molar-refractivity contribution is -0.130. The first kappa shape index (κ1) is 21.7. The summed E-state index contributed by atoms with van der Waals surface area (Å²) >= 11 is 0. The molecular formula is C21H32ClN3O2. The summed E-state index contributed by atoms with van der Waals surface area (Å²) in [6.45, 7) is 6.59. The first-order valence-corrected chi connectivity index (χ1v) is 9.89. The molecule has 2 atom stereocenters. The van der Waals surface area contributed by atoms with E-state index in [1.807, 2.05) is 29.2 Å². The van der Waals surface area contributed by atoms with Crippen molar-refractivity contribution in [3.05, 3.63) is 29.8 Å².